The van der Waals surface area contributed by atoms with E-state index < -0.39 is 5.60 Å². The van der Waals surface area contributed by atoms with Crippen LogP contribution in [0.25, 0.3) is 0 Å². The molecule has 0 aliphatic carbocycles. The molecule has 1 N–H and O–H groups in total. The zero-order valence-corrected chi connectivity index (χ0v) is 10.3. The molecule has 0 saturated heterocycles. The van der Waals surface area contributed by atoms with E-state index in [-0.39, 0.29) is 12.1 Å². The van der Waals surface area contributed by atoms with Gasteiger partial charge in [-0.3, -0.25) is 0 Å². The Hall–Kier alpha value is -0.990. The molecule has 15 heavy (non-hydrogen) atoms. The number of amides is 1. The van der Waals surface area contributed by atoms with Gasteiger partial charge in [0.1, 0.15) is 5.60 Å². The van der Waals surface area contributed by atoms with Crippen molar-refractivity contribution in [2.24, 2.45) is 0 Å². The van der Waals surface area contributed by atoms with Crippen molar-refractivity contribution in [3.8, 4) is 0 Å². The fourth-order valence-electron chi connectivity index (χ4n) is 1.13. The number of hydrogen-bond donors (Lipinski definition) is 1. The maximum absolute atomic E-state index is 11.4. The van der Waals surface area contributed by atoms with Crippen LogP contribution in [0.2, 0.25) is 0 Å². The van der Waals surface area contributed by atoms with Gasteiger partial charge in [0.2, 0.25) is 0 Å². The lowest BCUT2D eigenvalue weighted by Crippen LogP contribution is -2.38. The van der Waals surface area contributed by atoms with Crippen molar-refractivity contribution < 1.29 is 9.53 Å². The highest BCUT2D eigenvalue weighted by molar-refractivity contribution is 5.68. The minimum absolute atomic E-state index is 0.0137. The second kappa shape index (κ2) is 6.49. The van der Waals surface area contributed by atoms with E-state index >= 15 is 0 Å². The van der Waals surface area contributed by atoms with Crippen LogP contribution in [0.15, 0.2) is 12.7 Å². The Morgan fingerprint density at radius 3 is 2.53 bits per heavy atom. The zero-order valence-electron chi connectivity index (χ0n) is 10.3. The van der Waals surface area contributed by atoms with Crippen molar-refractivity contribution in [3.05, 3.63) is 12.7 Å². The fraction of sp³-hybridized carbons (Fsp3) is 0.750. The van der Waals surface area contributed by atoms with Gasteiger partial charge in [-0.25, -0.2) is 4.79 Å². The molecule has 0 aromatic heterocycles. The summed E-state index contributed by atoms with van der Waals surface area (Å²) in [4.78, 5) is 11.4. The summed E-state index contributed by atoms with van der Waals surface area (Å²) in [6.45, 7) is 11.4. The molecule has 0 bridgehead atoms. The van der Waals surface area contributed by atoms with Gasteiger partial charge in [0, 0.05) is 0 Å². The van der Waals surface area contributed by atoms with E-state index in [1.54, 1.807) is 6.08 Å². The molecule has 1 amide bonds. The number of carbonyl (C=O) groups excluding carboxylic acids is 1. The summed E-state index contributed by atoms with van der Waals surface area (Å²) in [6, 6.07) is 0.0137. The van der Waals surface area contributed by atoms with Crippen LogP contribution >= 0.6 is 0 Å². The number of ether oxygens (including phenoxy) is 1. The van der Waals surface area contributed by atoms with Gasteiger partial charge in [-0.2, -0.15) is 0 Å². The van der Waals surface area contributed by atoms with E-state index in [0.717, 1.165) is 19.3 Å². The monoisotopic (exact) mass is 213 g/mol. The Labute approximate surface area is 92.9 Å². The molecule has 0 unspecified atom stereocenters. The summed E-state index contributed by atoms with van der Waals surface area (Å²) < 4.78 is 5.15. The molecule has 1 atom stereocenters. The Bertz CT molecular complexity index is 206. The SMILES string of the molecule is C=C[C@@H](CCCC)NC(=O)OC(C)(C)C. The highest BCUT2D eigenvalue weighted by Crippen LogP contribution is 2.08. The van der Waals surface area contributed by atoms with Gasteiger partial charge in [-0.05, 0) is 27.2 Å². The van der Waals surface area contributed by atoms with Crippen LogP contribution in [0.4, 0.5) is 4.79 Å². The van der Waals surface area contributed by atoms with E-state index in [1.807, 2.05) is 20.8 Å². The second-order valence-electron chi connectivity index (χ2n) is 4.63. The highest BCUT2D eigenvalue weighted by Gasteiger charge is 2.17. The van der Waals surface area contributed by atoms with Crippen LogP contribution in [0.3, 0.4) is 0 Å². The first kappa shape index (κ1) is 14.0. The topological polar surface area (TPSA) is 38.3 Å². The molecule has 0 radical (unpaired) electrons. The molecule has 0 aromatic rings. The number of unbranched alkanes of at least 4 members (excludes halogenated alkanes) is 1. The molecule has 0 saturated carbocycles. The van der Waals surface area contributed by atoms with Crippen molar-refractivity contribution in [3.63, 3.8) is 0 Å². The van der Waals surface area contributed by atoms with Gasteiger partial charge < -0.3 is 10.1 Å². The predicted octanol–water partition coefficient (Wildman–Crippen LogP) is 3.26. The first-order chi connectivity index (χ1) is 6.89. The third kappa shape index (κ3) is 8.03. The first-order valence-corrected chi connectivity index (χ1v) is 5.51. The van der Waals surface area contributed by atoms with Crippen molar-refractivity contribution in [2.75, 3.05) is 0 Å². The van der Waals surface area contributed by atoms with E-state index in [1.165, 1.54) is 0 Å². The van der Waals surface area contributed by atoms with Crippen molar-refractivity contribution in [2.45, 2.75) is 58.6 Å². The lowest BCUT2D eigenvalue weighted by molar-refractivity contribution is 0.0512. The number of alkyl carbamates (subject to hydrolysis) is 1. The standard InChI is InChI=1S/C12H23NO2/c1-6-8-9-10(7-2)13-11(14)15-12(3,4)5/h7,10H,2,6,8-9H2,1,3-5H3,(H,13,14)/t10-/m0/s1. The molecule has 88 valence electrons. The third-order valence-electron chi connectivity index (χ3n) is 1.86. The molecule has 0 fully saturated rings. The van der Waals surface area contributed by atoms with Crippen molar-refractivity contribution in [1.29, 1.82) is 0 Å². The molecular formula is C12H23NO2. The van der Waals surface area contributed by atoms with E-state index in [4.69, 9.17) is 4.74 Å². The van der Waals surface area contributed by atoms with Crippen LogP contribution in [0.1, 0.15) is 47.0 Å². The zero-order chi connectivity index (χ0) is 11.9. The van der Waals surface area contributed by atoms with Gasteiger partial charge in [0.15, 0.2) is 0 Å². The summed E-state index contributed by atoms with van der Waals surface area (Å²) >= 11 is 0. The average molecular weight is 213 g/mol. The summed E-state index contributed by atoms with van der Waals surface area (Å²) in [6.07, 6.45) is 4.48. The molecule has 0 aliphatic rings. The van der Waals surface area contributed by atoms with Gasteiger partial charge in [-0.1, -0.05) is 25.8 Å². The number of rotatable bonds is 5. The normalized spacial score (nSPS) is 13.1. The lowest BCUT2D eigenvalue weighted by Gasteiger charge is -2.22. The van der Waals surface area contributed by atoms with Gasteiger partial charge in [-0.15, -0.1) is 6.58 Å². The maximum atomic E-state index is 11.4. The van der Waals surface area contributed by atoms with Crippen LogP contribution < -0.4 is 5.32 Å². The highest BCUT2D eigenvalue weighted by atomic mass is 16.6. The number of hydrogen-bond acceptors (Lipinski definition) is 2. The van der Waals surface area contributed by atoms with E-state index in [2.05, 4.69) is 18.8 Å². The summed E-state index contributed by atoms with van der Waals surface area (Å²) in [5, 5.41) is 2.78. The van der Waals surface area contributed by atoms with E-state index in [9.17, 15) is 4.79 Å². The molecule has 0 heterocycles. The smallest absolute Gasteiger partial charge is 0.408 e. The molecule has 3 heteroatoms. The fourth-order valence-corrected chi connectivity index (χ4v) is 1.13. The van der Waals surface area contributed by atoms with E-state index in [0.29, 0.717) is 0 Å². The number of carbonyl (C=O) groups is 1. The number of nitrogens with one attached hydrogen (secondary N) is 1. The van der Waals surface area contributed by atoms with Crippen LogP contribution in [-0.4, -0.2) is 17.7 Å². The minimum atomic E-state index is -0.444. The molecule has 3 nitrogen and oxygen atoms in total. The van der Waals surface area contributed by atoms with Gasteiger partial charge in [0.05, 0.1) is 6.04 Å². The Balaban J connectivity index is 3.96. The maximum Gasteiger partial charge on any atom is 0.408 e. The third-order valence-corrected chi connectivity index (χ3v) is 1.86. The van der Waals surface area contributed by atoms with Crippen LogP contribution in [-0.2, 0) is 4.74 Å². The Kier molecular flexibility index (Phi) is 6.06. The van der Waals surface area contributed by atoms with Gasteiger partial charge in [0.25, 0.3) is 0 Å². The molecule has 0 spiro atoms. The Morgan fingerprint density at radius 2 is 2.13 bits per heavy atom. The lowest BCUT2D eigenvalue weighted by atomic mass is 10.1. The summed E-state index contributed by atoms with van der Waals surface area (Å²) in [5.74, 6) is 0. The predicted molar refractivity (Wildman–Crippen MR) is 62.9 cm³/mol. The van der Waals surface area contributed by atoms with Crippen molar-refractivity contribution >= 4 is 6.09 Å². The van der Waals surface area contributed by atoms with Gasteiger partial charge >= 0.3 is 6.09 Å². The summed E-state index contributed by atoms with van der Waals surface area (Å²) in [5.41, 5.74) is -0.444. The molecule has 0 aliphatic heterocycles. The van der Waals surface area contributed by atoms with Crippen LogP contribution in [0, 0.1) is 0 Å². The quantitative estimate of drug-likeness (QED) is 0.712. The second-order valence-corrected chi connectivity index (χ2v) is 4.63. The molecule has 0 rings (SSSR count). The van der Waals surface area contributed by atoms with Crippen molar-refractivity contribution in [1.82, 2.24) is 5.32 Å². The van der Waals surface area contributed by atoms with Crippen LogP contribution in [0.5, 0.6) is 0 Å². The first-order valence-electron chi connectivity index (χ1n) is 5.51. The average Bonchev–Trinajstić information content (AvgIpc) is 2.09. The summed E-state index contributed by atoms with van der Waals surface area (Å²) in [7, 11) is 0. The largest absolute Gasteiger partial charge is 0.444 e. The molecule has 0 aromatic carbocycles. The Morgan fingerprint density at radius 1 is 1.53 bits per heavy atom. The molecular weight excluding hydrogens is 190 g/mol. The minimum Gasteiger partial charge on any atom is -0.444 e.